The van der Waals surface area contributed by atoms with Crippen LogP contribution in [0.15, 0.2) is 42.0 Å². The lowest BCUT2D eigenvalue weighted by atomic mass is 10.1. The molecule has 0 aliphatic heterocycles. The van der Waals surface area contributed by atoms with Crippen molar-refractivity contribution < 1.29 is 0 Å². The minimum Gasteiger partial charge on any atom is -0.370 e. The van der Waals surface area contributed by atoms with Crippen LogP contribution in [0.25, 0.3) is 5.82 Å². The highest BCUT2D eigenvalue weighted by atomic mass is 15.1. The van der Waals surface area contributed by atoms with Gasteiger partial charge in [-0.1, -0.05) is 45.1 Å². The van der Waals surface area contributed by atoms with Gasteiger partial charge in [-0.2, -0.15) is 0 Å². The number of nitrogens with two attached hydrogens (primary N) is 1. The van der Waals surface area contributed by atoms with E-state index in [-0.39, 0.29) is 0 Å². The number of nitrogens with zero attached hydrogens (tertiary/aromatic N) is 4. The fourth-order valence-corrected chi connectivity index (χ4v) is 2.41. The molecular formula is C18H28N6. The minimum atomic E-state index is 0.502. The van der Waals surface area contributed by atoms with Crippen LogP contribution in [0.5, 0.6) is 0 Å². The zero-order valence-electron chi connectivity index (χ0n) is 14.5. The Morgan fingerprint density at radius 3 is 2.75 bits per heavy atom. The molecule has 2 heterocycles. The molecule has 2 aromatic rings. The number of nitrogens with one attached hydrogen (secondary N) is 1. The highest BCUT2D eigenvalue weighted by molar-refractivity contribution is 5.77. The Hall–Kier alpha value is -2.37. The van der Waals surface area contributed by atoms with E-state index in [2.05, 4.69) is 27.2 Å². The number of hydrogen-bond acceptors (Lipinski definition) is 3. The number of imidazole rings is 1. The molecule has 2 rings (SSSR count). The molecule has 0 unspecified atom stereocenters. The second-order valence-corrected chi connectivity index (χ2v) is 5.89. The second-order valence-electron chi connectivity index (χ2n) is 5.89. The van der Waals surface area contributed by atoms with Crippen molar-refractivity contribution in [2.45, 2.75) is 52.0 Å². The highest BCUT2D eigenvalue weighted by Gasteiger charge is 1.98. The third kappa shape index (κ3) is 6.40. The van der Waals surface area contributed by atoms with E-state index in [1.165, 1.54) is 32.1 Å². The maximum atomic E-state index is 5.90. The summed E-state index contributed by atoms with van der Waals surface area (Å²) in [5.74, 6) is 1.34. The van der Waals surface area contributed by atoms with Crippen LogP contribution in [0.1, 0.15) is 51.0 Å². The Bertz CT molecular complexity index is 588. The summed E-state index contributed by atoms with van der Waals surface area (Å²) >= 11 is 0. The number of aromatic nitrogens is 3. The minimum absolute atomic E-state index is 0.502. The summed E-state index contributed by atoms with van der Waals surface area (Å²) in [5.41, 5.74) is 6.93. The van der Waals surface area contributed by atoms with E-state index in [0.717, 1.165) is 24.3 Å². The van der Waals surface area contributed by atoms with Gasteiger partial charge in [0, 0.05) is 25.1 Å². The van der Waals surface area contributed by atoms with Crippen LogP contribution in [-0.2, 0) is 6.54 Å². The van der Waals surface area contributed by atoms with E-state index in [0.29, 0.717) is 12.5 Å². The zero-order valence-corrected chi connectivity index (χ0v) is 14.5. The summed E-state index contributed by atoms with van der Waals surface area (Å²) < 4.78 is 1.86. The van der Waals surface area contributed by atoms with Crippen LogP contribution >= 0.6 is 0 Å². The Balaban J connectivity index is 1.66. The van der Waals surface area contributed by atoms with Crippen molar-refractivity contribution in [1.82, 2.24) is 19.9 Å². The number of hydrogen-bond donors (Lipinski definition) is 2. The average Bonchev–Trinajstić information content (AvgIpc) is 3.14. The van der Waals surface area contributed by atoms with Crippen LogP contribution in [0.2, 0.25) is 0 Å². The second kappa shape index (κ2) is 10.4. The van der Waals surface area contributed by atoms with Gasteiger partial charge in [-0.05, 0) is 18.1 Å². The Morgan fingerprint density at radius 2 is 2.04 bits per heavy atom. The fraction of sp³-hybridized carbons (Fsp3) is 0.500. The van der Waals surface area contributed by atoms with E-state index < -0.39 is 0 Å². The average molecular weight is 328 g/mol. The predicted molar refractivity (Wildman–Crippen MR) is 98.1 cm³/mol. The summed E-state index contributed by atoms with van der Waals surface area (Å²) in [6.07, 6.45) is 14.8. The molecule has 3 N–H and O–H groups in total. The molecule has 0 saturated heterocycles. The molecule has 0 radical (unpaired) electrons. The predicted octanol–water partition coefficient (Wildman–Crippen LogP) is 3.03. The molecule has 6 heteroatoms. The first-order valence-electron chi connectivity index (χ1n) is 8.76. The van der Waals surface area contributed by atoms with Gasteiger partial charge in [0.05, 0.1) is 6.54 Å². The van der Waals surface area contributed by atoms with Gasteiger partial charge in [-0.25, -0.2) is 15.0 Å². The van der Waals surface area contributed by atoms with E-state index >= 15 is 0 Å². The molecule has 2 aromatic heterocycles. The Morgan fingerprint density at radius 1 is 1.21 bits per heavy atom. The third-order valence-corrected chi connectivity index (χ3v) is 3.85. The van der Waals surface area contributed by atoms with E-state index in [1.54, 1.807) is 12.5 Å². The maximum Gasteiger partial charge on any atom is 0.188 e. The van der Waals surface area contributed by atoms with E-state index in [1.807, 2.05) is 29.1 Å². The molecule has 0 fully saturated rings. The maximum absolute atomic E-state index is 5.90. The van der Waals surface area contributed by atoms with Crippen molar-refractivity contribution in [3.05, 3.63) is 42.6 Å². The van der Waals surface area contributed by atoms with E-state index in [9.17, 15) is 0 Å². The quantitative estimate of drug-likeness (QED) is 0.399. The van der Waals surface area contributed by atoms with Crippen molar-refractivity contribution in [3.63, 3.8) is 0 Å². The molecule has 0 spiro atoms. The Kier molecular flexibility index (Phi) is 7.80. The van der Waals surface area contributed by atoms with Gasteiger partial charge in [0.1, 0.15) is 12.1 Å². The molecule has 0 saturated carbocycles. The normalized spacial score (nSPS) is 11.6. The molecular weight excluding hydrogens is 300 g/mol. The summed E-state index contributed by atoms with van der Waals surface area (Å²) in [5, 5.41) is 3.17. The van der Waals surface area contributed by atoms with Crippen LogP contribution in [-0.4, -0.2) is 27.0 Å². The van der Waals surface area contributed by atoms with Crippen molar-refractivity contribution in [2.24, 2.45) is 10.7 Å². The molecule has 0 amide bonds. The Labute approximate surface area is 144 Å². The fourth-order valence-electron chi connectivity index (χ4n) is 2.41. The summed E-state index contributed by atoms with van der Waals surface area (Å²) in [6, 6.07) is 3.96. The first-order valence-corrected chi connectivity index (χ1v) is 8.76. The molecule has 0 aromatic carbocycles. The molecule has 0 aliphatic rings. The van der Waals surface area contributed by atoms with E-state index in [4.69, 9.17) is 5.73 Å². The molecule has 6 nitrogen and oxygen atoms in total. The van der Waals surface area contributed by atoms with Gasteiger partial charge in [-0.15, -0.1) is 0 Å². The first kappa shape index (κ1) is 18.0. The largest absolute Gasteiger partial charge is 0.370 e. The number of aliphatic imine (C=N–C) groups is 1. The van der Waals surface area contributed by atoms with Gasteiger partial charge < -0.3 is 11.1 Å². The number of unbranched alkanes of at least 4 members (excludes halogenated alkanes) is 5. The zero-order chi connectivity index (χ0) is 17.0. The van der Waals surface area contributed by atoms with Gasteiger partial charge >= 0.3 is 0 Å². The van der Waals surface area contributed by atoms with Crippen LogP contribution in [0.4, 0.5) is 0 Å². The van der Waals surface area contributed by atoms with Crippen molar-refractivity contribution >= 4 is 5.96 Å². The smallest absolute Gasteiger partial charge is 0.188 e. The SMILES string of the molecule is CCCCCCCCNC(N)=NCc1ccc(-n2ccnc2)nc1. The molecule has 0 atom stereocenters. The van der Waals surface area contributed by atoms with Gasteiger partial charge in [-0.3, -0.25) is 4.57 Å². The molecule has 0 bridgehead atoms. The van der Waals surface area contributed by atoms with Crippen molar-refractivity contribution in [1.29, 1.82) is 0 Å². The van der Waals surface area contributed by atoms with Crippen LogP contribution in [0.3, 0.4) is 0 Å². The monoisotopic (exact) mass is 328 g/mol. The summed E-state index contributed by atoms with van der Waals surface area (Å²) in [7, 11) is 0. The van der Waals surface area contributed by atoms with Gasteiger partial charge in [0.2, 0.25) is 0 Å². The van der Waals surface area contributed by atoms with Crippen molar-refractivity contribution in [2.75, 3.05) is 6.54 Å². The lowest BCUT2D eigenvalue weighted by Crippen LogP contribution is -2.32. The molecule has 24 heavy (non-hydrogen) atoms. The van der Waals surface area contributed by atoms with Crippen LogP contribution < -0.4 is 11.1 Å². The molecule has 130 valence electrons. The standard InChI is InChI=1S/C18H28N6/c1-2-3-4-5-6-7-10-21-18(19)23-14-16-8-9-17(22-13-16)24-12-11-20-15-24/h8-9,11-13,15H,2-7,10,14H2,1H3,(H3,19,21,23). The number of pyridine rings is 1. The van der Waals surface area contributed by atoms with Gasteiger partial charge in [0.25, 0.3) is 0 Å². The first-order chi connectivity index (χ1) is 11.8. The van der Waals surface area contributed by atoms with Crippen LogP contribution in [0, 0.1) is 0 Å². The molecule has 0 aliphatic carbocycles. The lowest BCUT2D eigenvalue weighted by molar-refractivity contribution is 0.601. The highest BCUT2D eigenvalue weighted by Crippen LogP contribution is 2.06. The number of guanidine groups is 1. The summed E-state index contributed by atoms with van der Waals surface area (Å²) in [4.78, 5) is 12.8. The third-order valence-electron chi connectivity index (χ3n) is 3.85. The summed E-state index contributed by atoms with van der Waals surface area (Å²) in [6.45, 7) is 3.66. The lowest BCUT2D eigenvalue weighted by Gasteiger charge is -2.06. The van der Waals surface area contributed by atoms with Gasteiger partial charge in [0.15, 0.2) is 5.96 Å². The number of rotatable bonds is 10. The topological polar surface area (TPSA) is 81.1 Å². The van der Waals surface area contributed by atoms with Crippen molar-refractivity contribution in [3.8, 4) is 5.82 Å².